The van der Waals surface area contributed by atoms with Crippen LogP contribution >= 0.6 is 0 Å². The Morgan fingerprint density at radius 1 is 0.765 bits per heavy atom. The molecule has 5 aromatic rings. The van der Waals surface area contributed by atoms with E-state index in [1.54, 1.807) is 6.20 Å². The first-order valence-corrected chi connectivity index (χ1v) is 11.6. The van der Waals surface area contributed by atoms with Crippen LogP contribution in [0.5, 0.6) is 0 Å². The molecule has 4 aromatic heterocycles. The van der Waals surface area contributed by atoms with E-state index in [2.05, 4.69) is 49.6 Å². The maximum Gasteiger partial charge on any atom is 0.138 e. The van der Waals surface area contributed by atoms with Crippen LogP contribution in [0.1, 0.15) is 5.56 Å². The number of hydrogen-bond acceptors (Lipinski definition) is 5. The zero-order chi connectivity index (χ0) is 22.7. The first-order chi connectivity index (χ1) is 16.8. The summed E-state index contributed by atoms with van der Waals surface area (Å²) >= 11 is 0. The first kappa shape index (κ1) is 20.7. The van der Waals surface area contributed by atoms with Crippen molar-refractivity contribution in [3.05, 3.63) is 97.0 Å². The summed E-state index contributed by atoms with van der Waals surface area (Å²) in [7, 11) is 0. The first-order valence-electron chi connectivity index (χ1n) is 11.6. The van der Waals surface area contributed by atoms with Crippen molar-refractivity contribution in [2.24, 2.45) is 0 Å². The Labute approximate surface area is 198 Å². The predicted molar refractivity (Wildman–Crippen MR) is 133 cm³/mol. The Morgan fingerprint density at radius 3 is 2.41 bits per heavy atom. The highest BCUT2D eigenvalue weighted by Gasteiger charge is 2.17. The van der Waals surface area contributed by atoms with Gasteiger partial charge in [-0.1, -0.05) is 36.4 Å². The quantitative estimate of drug-likeness (QED) is 0.381. The van der Waals surface area contributed by atoms with E-state index in [9.17, 15) is 0 Å². The fraction of sp³-hybridized carbons (Fsp3) is 0.179. The molecule has 168 valence electrons. The number of imidazole rings is 1. The van der Waals surface area contributed by atoms with Crippen LogP contribution < -0.4 is 0 Å². The number of fused-ring (bicyclic) bond motifs is 1. The molecule has 1 saturated heterocycles. The van der Waals surface area contributed by atoms with Crippen molar-refractivity contribution in [2.45, 2.75) is 6.54 Å². The number of morpholine rings is 1. The van der Waals surface area contributed by atoms with E-state index in [-0.39, 0.29) is 0 Å². The summed E-state index contributed by atoms with van der Waals surface area (Å²) in [4.78, 5) is 16.6. The third-order valence-corrected chi connectivity index (χ3v) is 6.23. The summed E-state index contributed by atoms with van der Waals surface area (Å²) in [6.45, 7) is 4.57. The fourth-order valence-corrected chi connectivity index (χ4v) is 4.49. The summed E-state index contributed by atoms with van der Waals surface area (Å²) in [6.07, 6.45) is 5.72. The van der Waals surface area contributed by atoms with E-state index in [1.807, 2.05) is 54.9 Å². The van der Waals surface area contributed by atoms with Gasteiger partial charge in [-0.2, -0.15) is 0 Å². The molecule has 0 N–H and O–H groups in total. The van der Waals surface area contributed by atoms with E-state index in [1.165, 1.54) is 5.56 Å². The standard InChI is InChI=1S/C28H25N5O/c1-3-12-29-24(5-1)27-28(33-14-4-2-6-26(33)31-27)23-11-13-30-25(19-23)22-9-7-21(8-10-22)20-32-15-17-34-18-16-32/h1-14,19H,15-18,20H2. The molecule has 0 saturated carbocycles. The molecule has 6 nitrogen and oxygen atoms in total. The van der Waals surface area contributed by atoms with Gasteiger partial charge in [-0.25, -0.2) is 4.98 Å². The lowest BCUT2D eigenvalue weighted by Crippen LogP contribution is -2.35. The second-order valence-corrected chi connectivity index (χ2v) is 8.47. The van der Waals surface area contributed by atoms with E-state index in [0.717, 1.165) is 72.4 Å². The predicted octanol–water partition coefficient (Wildman–Crippen LogP) is 4.96. The normalized spacial score (nSPS) is 14.5. The Kier molecular flexibility index (Phi) is 5.59. The Hall–Kier alpha value is -3.87. The highest BCUT2D eigenvalue weighted by Crippen LogP contribution is 2.33. The molecule has 0 amide bonds. The van der Waals surface area contributed by atoms with Gasteiger partial charge in [0.05, 0.1) is 30.3 Å². The lowest BCUT2D eigenvalue weighted by atomic mass is 10.0. The third kappa shape index (κ3) is 4.09. The highest BCUT2D eigenvalue weighted by molar-refractivity contribution is 5.82. The van der Waals surface area contributed by atoms with Gasteiger partial charge in [0, 0.05) is 49.4 Å². The zero-order valence-corrected chi connectivity index (χ0v) is 18.8. The molecule has 1 aliphatic heterocycles. The topological polar surface area (TPSA) is 55.5 Å². The summed E-state index contributed by atoms with van der Waals surface area (Å²) in [6, 6.07) is 24.9. The molecule has 0 unspecified atom stereocenters. The monoisotopic (exact) mass is 447 g/mol. The molecule has 1 fully saturated rings. The van der Waals surface area contributed by atoms with Gasteiger partial charge in [0.2, 0.25) is 0 Å². The number of ether oxygens (including phenoxy) is 1. The number of rotatable bonds is 5. The molecule has 6 rings (SSSR count). The zero-order valence-electron chi connectivity index (χ0n) is 18.8. The van der Waals surface area contributed by atoms with Crippen molar-refractivity contribution in [2.75, 3.05) is 26.3 Å². The number of hydrogen-bond donors (Lipinski definition) is 0. The fourth-order valence-electron chi connectivity index (χ4n) is 4.49. The van der Waals surface area contributed by atoms with Crippen LogP contribution in [-0.4, -0.2) is 50.6 Å². The number of nitrogens with zero attached hydrogens (tertiary/aromatic N) is 5. The minimum atomic E-state index is 0.818. The summed E-state index contributed by atoms with van der Waals surface area (Å²) in [5.74, 6) is 0. The average molecular weight is 448 g/mol. The van der Waals surface area contributed by atoms with Gasteiger partial charge in [0.1, 0.15) is 11.3 Å². The van der Waals surface area contributed by atoms with Gasteiger partial charge < -0.3 is 4.74 Å². The van der Waals surface area contributed by atoms with Gasteiger partial charge in [-0.15, -0.1) is 0 Å². The molecule has 0 radical (unpaired) electrons. The SMILES string of the molecule is c1ccc(-c2nc3ccccn3c2-c2ccnc(-c3ccc(CN4CCOCC4)cc3)c2)nc1. The molecule has 6 heteroatoms. The average Bonchev–Trinajstić information content (AvgIpc) is 3.30. The van der Waals surface area contributed by atoms with Gasteiger partial charge in [0.15, 0.2) is 0 Å². The van der Waals surface area contributed by atoms with Crippen LogP contribution in [0.2, 0.25) is 0 Å². The third-order valence-electron chi connectivity index (χ3n) is 6.23. The molecule has 0 atom stereocenters. The number of benzene rings is 1. The second-order valence-electron chi connectivity index (χ2n) is 8.47. The summed E-state index contributed by atoms with van der Waals surface area (Å²) in [5, 5.41) is 0. The van der Waals surface area contributed by atoms with Gasteiger partial charge >= 0.3 is 0 Å². The van der Waals surface area contributed by atoms with E-state index >= 15 is 0 Å². The van der Waals surface area contributed by atoms with E-state index in [4.69, 9.17) is 9.72 Å². The molecule has 34 heavy (non-hydrogen) atoms. The Bertz CT molecular complexity index is 1410. The van der Waals surface area contributed by atoms with Crippen LogP contribution in [0.15, 0.2) is 91.4 Å². The maximum absolute atomic E-state index is 5.46. The molecule has 0 bridgehead atoms. The minimum Gasteiger partial charge on any atom is -0.379 e. The number of pyridine rings is 3. The number of aromatic nitrogens is 4. The minimum absolute atomic E-state index is 0.818. The molecule has 0 spiro atoms. The molecule has 0 aliphatic carbocycles. The van der Waals surface area contributed by atoms with Gasteiger partial charge in [-0.3, -0.25) is 19.3 Å². The van der Waals surface area contributed by atoms with Crippen molar-refractivity contribution in [1.82, 2.24) is 24.3 Å². The van der Waals surface area contributed by atoms with Crippen LogP contribution in [0.4, 0.5) is 0 Å². The van der Waals surface area contributed by atoms with E-state index in [0.29, 0.717) is 0 Å². The van der Waals surface area contributed by atoms with Crippen molar-refractivity contribution < 1.29 is 4.74 Å². The maximum atomic E-state index is 5.46. The summed E-state index contributed by atoms with van der Waals surface area (Å²) < 4.78 is 7.58. The summed E-state index contributed by atoms with van der Waals surface area (Å²) in [5.41, 5.74) is 8.03. The van der Waals surface area contributed by atoms with Crippen LogP contribution in [0, 0.1) is 0 Å². The largest absolute Gasteiger partial charge is 0.379 e. The van der Waals surface area contributed by atoms with Crippen LogP contribution in [0.3, 0.4) is 0 Å². The van der Waals surface area contributed by atoms with Crippen molar-refractivity contribution in [1.29, 1.82) is 0 Å². The molecular weight excluding hydrogens is 422 g/mol. The van der Waals surface area contributed by atoms with E-state index < -0.39 is 0 Å². The smallest absolute Gasteiger partial charge is 0.138 e. The lowest BCUT2D eigenvalue weighted by Gasteiger charge is -2.26. The van der Waals surface area contributed by atoms with Crippen molar-refractivity contribution in [3.8, 4) is 33.9 Å². The van der Waals surface area contributed by atoms with Crippen molar-refractivity contribution >= 4 is 5.65 Å². The second kappa shape index (κ2) is 9.17. The van der Waals surface area contributed by atoms with Crippen LogP contribution in [0.25, 0.3) is 39.5 Å². The Balaban J connectivity index is 1.36. The van der Waals surface area contributed by atoms with Crippen molar-refractivity contribution in [3.63, 3.8) is 0 Å². The Morgan fingerprint density at radius 2 is 1.59 bits per heavy atom. The molecular formula is C28H25N5O. The lowest BCUT2D eigenvalue weighted by molar-refractivity contribution is 0.0342. The van der Waals surface area contributed by atoms with Gasteiger partial charge in [-0.05, 0) is 42.0 Å². The highest BCUT2D eigenvalue weighted by atomic mass is 16.5. The van der Waals surface area contributed by atoms with Crippen LogP contribution in [-0.2, 0) is 11.3 Å². The molecule has 5 heterocycles. The molecule has 1 aliphatic rings. The molecule has 1 aromatic carbocycles. The van der Waals surface area contributed by atoms with Gasteiger partial charge in [0.25, 0.3) is 0 Å².